The molecule has 0 radical (unpaired) electrons. The van der Waals surface area contributed by atoms with Gasteiger partial charge in [-0.2, -0.15) is 0 Å². The number of ether oxygens (including phenoxy) is 1. The molecule has 3 heterocycles. The fourth-order valence-electron chi connectivity index (χ4n) is 6.28. The van der Waals surface area contributed by atoms with Gasteiger partial charge in [0.2, 0.25) is 0 Å². The van der Waals surface area contributed by atoms with Crippen LogP contribution in [0.3, 0.4) is 0 Å². The third kappa shape index (κ3) is 4.73. The Morgan fingerprint density at radius 1 is 0.882 bits per heavy atom. The first kappa shape index (κ1) is 23.4. The summed E-state index contributed by atoms with van der Waals surface area (Å²) >= 11 is 0. The van der Waals surface area contributed by atoms with E-state index in [0.717, 1.165) is 25.9 Å². The largest absolute Gasteiger partial charge is 0.444 e. The Hall–Kier alpha value is -2.37. The Kier molecular flexibility index (Phi) is 6.43. The van der Waals surface area contributed by atoms with Crippen LogP contribution in [0.2, 0.25) is 0 Å². The molecule has 34 heavy (non-hydrogen) atoms. The maximum absolute atomic E-state index is 13.5. The summed E-state index contributed by atoms with van der Waals surface area (Å²) < 4.78 is 5.95. The van der Waals surface area contributed by atoms with E-state index in [1.54, 1.807) is 0 Å². The SMILES string of the molecule is CN1[C@@H]2CC[C@H]1CC(N(C(=O)OC(C)(C)C)C1CN(C(c3ccccc3)c3ccccc3)C1)C2. The minimum absolute atomic E-state index is 0.137. The van der Waals surface area contributed by atoms with Crippen molar-refractivity contribution in [3.8, 4) is 0 Å². The van der Waals surface area contributed by atoms with Crippen molar-refractivity contribution in [2.45, 2.75) is 82.3 Å². The van der Waals surface area contributed by atoms with E-state index in [1.807, 2.05) is 20.8 Å². The molecule has 0 N–H and O–H groups in total. The van der Waals surface area contributed by atoms with Crippen LogP contribution in [0.1, 0.15) is 63.6 Å². The van der Waals surface area contributed by atoms with E-state index in [2.05, 4.69) is 82.4 Å². The number of hydrogen-bond acceptors (Lipinski definition) is 4. The summed E-state index contributed by atoms with van der Waals surface area (Å²) in [4.78, 5) is 20.7. The van der Waals surface area contributed by atoms with Gasteiger partial charge in [-0.1, -0.05) is 60.7 Å². The van der Waals surface area contributed by atoms with Crippen molar-refractivity contribution in [3.05, 3.63) is 71.8 Å². The molecule has 3 fully saturated rings. The molecule has 182 valence electrons. The topological polar surface area (TPSA) is 36.0 Å². The van der Waals surface area contributed by atoms with Crippen LogP contribution in [-0.2, 0) is 4.74 Å². The highest BCUT2D eigenvalue weighted by Gasteiger charge is 2.47. The fraction of sp³-hybridized carbons (Fsp3) is 0.552. The van der Waals surface area contributed by atoms with Crippen LogP contribution in [0.5, 0.6) is 0 Å². The van der Waals surface area contributed by atoms with Crippen LogP contribution in [0.25, 0.3) is 0 Å². The Balaban J connectivity index is 1.37. The summed E-state index contributed by atoms with van der Waals surface area (Å²) in [7, 11) is 2.26. The monoisotopic (exact) mass is 461 g/mol. The maximum Gasteiger partial charge on any atom is 0.410 e. The summed E-state index contributed by atoms with van der Waals surface area (Å²) in [5.41, 5.74) is 2.11. The highest BCUT2D eigenvalue weighted by molar-refractivity contribution is 5.69. The molecule has 1 amide bonds. The van der Waals surface area contributed by atoms with E-state index in [0.29, 0.717) is 12.1 Å². The number of piperidine rings is 1. The van der Waals surface area contributed by atoms with Gasteiger partial charge < -0.3 is 9.64 Å². The van der Waals surface area contributed by atoms with Gasteiger partial charge in [-0.05, 0) is 64.6 Å². The predicted octanol–water partition coefficient (Wildman–Crippen LogP) is 5.32. The number of carbonyl (C=O) groups excluding carboxylic acids is 1. The molecule has 0 aromatic heterocycles. The molecule has 5 rings (SSSR count). The molecule has 3 aliphatic heterocycles. The molecule has 3 saturated heterocycles. The molecule has 2 aromatic rings. The lowest BCUT2D eigenvalue weighted by atomic mass is 9.90. The third-order valence-electron chi connectivity index (χ3n) is 7.95. The Labute approximate surface area is 204 Å². The normalized spacial score (nSPS) is 25.9. The molecular weight excluding hydrogens is 422 g/mol. The zero-order valence-electron chi connectivity index (χ0n) is 21.1. The number of nitrogens with zero attached hydrogens (tertiary/aromatic N) is 3. The van der Waals surface area contributed by atoms with Gasteiger partial charge in [-0.3, -0.25) is 9.80 Å². The van der Waals surface area contributed by atoms with Crippen LogP contribution >= 0.6 is 0 Å². The number of hydrogen-bond donors (Lipinski definition) is 0. The quantitative estimate of drug-likeness (QED) is 0.604. The second kappa shape index (κ2) is 9.35. The molecule has 0 spiro atoms. The molecule has 2 bridgehead atoms. The van der Waals surface area contributed by atoms with Crippen molar-refractivity contribution in [2.24, 2.45) is 0 Å². The van der Waals surface area contributed by atoms with Crippen molar-refractivity contribution in [1.82, 2.24) is 14.7 Å². The zero-order valence-corrected chi connectivity index (χ0v) is 21.1. The molecule has 3 atom stereocenters. The minimum Gasteiger partial charge on any atom is -0.444 e. The Morgan fingerprint density at radius 2 is 1.38 bits per heavy atom. The van der Waals surface area contributed by atoms with Gasteiger partial charge in [0, 0.05) is 31.2 Å². The summed E-state index contributed by atoms with van der Waals surface area (Å²) in [5, 5.41) is 0. The van der Waals surface area contributed by atoms with Crippen molar-refractivity contribution in [1.29, 1.82) is 0 Å². The van der Waals surface area contributed by atoms with Gasteiger partial charge in [0.05, 0.1) is 12.1 Å². The average Bonchev–Trinajstić information content (AvgIpc) is 2.98. The number of carbonyl (C=O) groups is 1. The van der Waals surface area contributed by atoms with Crippen LogP contribution in [0.15, 0.2) is 60.7 Å². The zero-order chi connectivity index (χ0) is 23.9. The lowest BCUT2D eigenvalue weighted by Crippen LogP contribution is -2.65. The third-order valence-corrected chi connectivity index (χ3v) is 7.95. The van der Waals surface area contributed by atoms with Gasteiger partial charge >= 0.3 is 6.09 Å². The highest BCUT2D eigenvalue weighted by Crippen LogP contribution is 2.40. The number of fused-ring (bicyclic) bond motifs is 2. The molecule has 0 aliphatic carbocycles. The van der Waals surface area contributed by atoms with Crippen molar-refractivity contribution in [2.75, 3.05) is 20.1 Å². The smallest absolute Gasteiger partial charge is 0.410 e. The number of amides is 1. The summed E-state index contributed by atoms with van der Waals surface area (Å²) in [6.45, 7) is 7.64. The van der Waals surface area contributed by atoms with E-state index in [-0.39, 0.29) is 24.2 Å². The second-order valence-corrected chi connectivity index (χ2v) is 11.4. The Bertz CT molecular complexity index is 914. The highest BCUT2D eigenvalue weighted by atomic mass is 16.6. The predicted molar refractivity (Wildman–Crippen MR) is 136 cm³/mol. The summed E-state index contributed by atoms with van der Waals surface area (Å²) in [5.74, 6) is 0. The van der Waals surface area contributed by atoms with Crippen LogP contribution in [0, 0.1) is 0 Å². The first-order valence-electron chi connectivity index (χ1n) is 12.9. The van der Waals surface area contributed by atoms with Crippen molar-refractivity contribution >= 4 is 6.09 Å². The van der Waals surface area contributed by atoms with E-state index < -0.39 is 5.60 Å². The van der Waals surface area contributed by atoms with Crippen LogP contribution in [0.4, 0.5) is 4.79 Å². The lowest BCUT2D eigenvalue weighted by molar-refractivity contribution is -0.0483. The standard InChI is InChI=1S/C29H39N3O2/c1-29(2,3)34-28(33)32(25-17-23-15-16-24(18-25)30(23)4)26-19-31(20-26)27(21-11-7-5-8-12-21)22-13-9-6-10-14-22/h5-14,23-27H,15-20H2,1-4H3/t23-,24+,25?. The molecule has 5 heteroatoms. The van der Waals surface area contributed by atoms with Gasteiger partial charge in [-0.15, -0.1) is 0 Å². The van der Waals surface area contributed by atoms with Crippen molar-refractivity contribution in [3.63, 3.8) is 0 Å². The number of likely N-dealkylation sites (tertiary alicyclic amines) is 1. The van der Waals surface area contributed by atoms with E-state index >= 15 is 0 Å². The maximum atomic E-state index is 13.5. The van der Waals surface area contributed by atoms with Gasteiger partial charge in [0.15, 0.2) is 0 Å². The lowest BCUT2D eigenvalue weighted by Gasteiger charge is -2.52. The molecular formula is C29H39N3O2. The summed E-state index contributed by atoms with van der Waals surface area (Å²) in [6, 6.07) is 23.3. The number of rotatable bonds is 5. The fourth-order valence-corrected chi connectivity index (χ4v) is 6.28. The second-order valence-electron chi connectivity index (χ2n) is 11.4. The number of benzene rings is 2. The van der Waals surface area contributed by atoms with Gasteiger partial charge in [-0.25, -0.2) is 4.79 Å². The molecule has 1 unspecified atom stereocenters. The van der Waals surface area contributed by atoms with Gasteiger partial charge in [0.1, 0.15) is 5.60 Å². The average molecular weight is 462 g/mol. The molecule has 3 aliphatic rings. The van der Waals surface area contributed by atoms with E-state index in [4.69, 9.17) is 4.74 Å². The van der Waals surface area contributed by atoms with Crippen LogP contribution < -0.4 is 0 Å². The Morgan fingerprint density at radius 3 is 1.85 bits per heavy atom. The molecule has 2 aromatic carbocycles. The minimum atomic E-state index is -0.486. The van der Waals surface area contributed by atoms with E-state index in [1.165, 1.54) is 24.0 Å². The first-order chi connectivity index (χ1) is 16.3. The summed E-state index contributed by atoms with van der Waals surface area (Å²) in [6.07, 6.45) is 4.48. The molecule has 0 saturated carbocycles. The van der Waals surface area contributed by atoms with E-state index in [9.17, 15) is 4.79 Å². The first-order valence-corrected chi connectivity index (χ1v) is 12.9. The van der Waals surface area contributed by atoms with Crippen LogP contribution in [-0.4, -0.2) is 70.7 Å². The van der Waals surface area contributed by atoms with Gasteiger partial charge in [0.25, 0.3) is 0 Å². The van der Waals surface area contributed by atoms with Crippen molar-refractivity contribution < 1.29 is 9.53 Å². The molecule has 5 nitrogen and oxygen atoms in total.